The molecule has 0 aliphatic rings. The first-order chi connectivity index (χ1) is 10.2. The fourth-order valence-corrected chi connectivity index (χ4v) is 2.60. The molecule has 0 N–H and O–H groups in total. The van der Waals surface area contributed by atoms with E-state index in [9.17, 15) is 27.1 Å². The molecule has 0 amide bonds. The highest BCUT2D eigenvalue weighted by atomic mass is 19.2. The summed E-state index contributed by atoms with van der Waals surface area (Å²) >= 11 is 0. The molecule has 1 radical (unpaired) electrons. The molecule has 0 bridgehead atoms. The average Bonchev–Trinajstić information content (AvgIpc) is 2.42. The Balaban J connectivity index is 2.73. The molecule has 2 aromatic rings. The van der Waals surface area contributed by atoms with Crippen molar-refractivity contribution in [3.8, 4) is 0 Å². The standard InChI is InChI=1S/C16H12F5O/c1-6-4-7(2)9(8(3)5-6)16(22)10-11(17)13(19)15(21)14(20)12(10)18/h4-5,16H,1-3H3. The Bertz CT molecular complexity index is 703. The molecule has 117 valence electrons. The van der Waals surface area contributed by atoms with Gasteiger partial charge in [-0.1, -0.05) is 17.7 Å². The van der Waals surface area contributed by atoms with Crippen LogP contribution in [-0.4, -0.2) is 0 Å². The lowest BCUT2D eigenvalue weighted by Gasteiger charge is -2.18. The summed E-state index contributed by atoms with van der Waals surface area (Å²) in [6.45, 7) is 4.86. The molecule has 0 aliphatic carbocycles. The Morgan fingerprint density at radius 2 is 1.05 bits per heavy atom. The van der Waals surface area contributed by atoms with E-state index in [1.807, 2.05) is 0 Å². The Morgan fingerprint density at radius 1 is 0.682 bits per heavy atom. The second-order valence-corrected chi connectivity index (χ2v) is 5.18. The Labute approximate surface area is 124 Å². The maximum atomic E-state index is 13.8. The zero-order chi connectivity index (χ0) is 16.8. The van der Waals surface area contributed by atoms with Gasteiger partial charge in [0, 0.05) is 0 Å². The SMILES string of the molecule is Cc1cc(C)c(C([O])c2c(F)c(F)c(F)c(F)c2F)c(C)c1. The summed E-state index contributed by atoms with van der Waals surface area (Å²) in [5.74, 6) is -10.7. The highest BCUT2D eigenvalue weighted by molar-refractivity contribution is 5.44. The molecular weight excluding hydrogens is 303 g/mol. The predicted octanol–water partition coefficient (Wildman–Crippen LogP) is 4.83. The number of hydrogen-bond acceptors (Lipinski definition) is 0. The van der Waals surface area contributed by atoms with Gasteiger partial charge in [0.2, 0.25) is 5.82 Å². The zero-order valence-electron chi connectivity index (χ0n) is 12.0. The monoisotopic (exact) mass is 315 g/mol. The lowest BCUT2D eigenvalue weighted by atomic mass is 9.91. The minimum Gasteiger partial charge on any atom is -0.222 e. The van der Waals surface area contributed by atoms with Gasteiger partial charge in [0.25, 0.3) is 0 Å². The van der Waals surface area contributed by atoms with Gasteiger partial charge in [0.1, 0.15) is 6.10 Å². The first-order valence-electron chi connectivity index (χ1n) is 6.41. The van der Waals surface area contributed by atoms with E-state index in [2.05, 4.69) is 0 Å². The molecule has 0 aromatic heterocycles. The summed E-state index contributed by atoms with van der Waals surface area (Å²) in [5.41, 5.74) is 0.339. The molecule has 2 rings (SSSR count). The summed E-state index contributed by atoms with van der Waals surface area (Å²) in [6.07, 6.45) is -2.20. The first kappa shape index (κ1) is 16.4. The average molecular weight is 315 g/mol. The molecule has 1 atom stereocenters. The van der Waals surface area contributed by atoms with Crippen LogP contribution in [0.5, 0.6) is 0 Å². The van der Waals surface area contributed by atoms with Crippen molar-refractivity contribution in [1.29, 1.82) is 0 Å². The van der Waals surface area contributed by atoms with Crippen LogP contribution < -0.4 is 0 Å². The maximum absolute atomic E-state index is 13.8. The van der Waals surface area contributed by atoms with Crippen molar-refractivity contribution in [3.63, 3.8) is 0 Å². The van der Waals surface area contributed by atoms with E-state index in [-0.39, 0.29) is 5.56 Å². The van der Waals surface area contributed by atoms with Crippen LogP contribution in [0.2, 0.25) is 0 Å². The number of benzene rings is 2. The number of aryl methyl sites for hydroxylation is 3. The van der Waals surface area contributed by atoms with Crippen LogP contribution in [-0.2, 0) is 5.11 Å². The molecule has 0 aliphatic heterocycles. The molecule has 0 saturated heterocycles. The highest BCUT2D eigenvalue weighted by Crippen LogP contribution is 2.35. The number of hydrogen-bond donors (Lipinski definition) is 0. The van der Waals surface area contributed by atoms with E-state index >= 15 is 0 Å². The minimum atomic E-state index is -2.27. The third kappa shape index (κ3) is 2.47. The summed E-state index contributed by atoms with van der Waals surface area (Å²) < 4.78 is 67.1. The van der Waals surface area contributed by atoms with Gasteiger partial charge < -0.3 is 0 Å². The van der Waals surface area contributed by atoms with Gasteiger partial charge in [-0.05, 0) is 37.5 Å². The van der Waals surface area contributed by atoms with Gasteiger partial charge >= 0.3 is 0 Å². The largest absolute Gasteiger partial charge is 0.222 e. The molecule has 2 aromatic carbocycles. The summed E-state index contributed by atoms with van der Waals surface area (Å²) in [7, 11) is 0. The van der Waals surface area contributed by atoms with Crippen LogP contribution in [0.3, 0.4) is 0 Å². The van der Waals surface area contributed by atoms with E-state index in [1.54, 1.807) is 32.9 Å². The number of halogens is 5. The Hall–Kier alpha value is -1.95. The van der Waals surface area contributed by atoms with Crippen molar-refractivity contribution in [2.45, 2.75) is 26.9 Å². The third-order valence-corrected chi connectivity index (χ3v) is 3.51. The van der Waals surface area contributed by atoms with E-state index in [0.717, 1.165) is 5.56 Å². The van der Waals surface area contributed by atoms with E-state index in [0.29, 0.717) is 11.1 Å². The van der Waals surface area contributed by atoms with Crippen molar-refractivity contribution >= 4 is 0 Å². The smallest absolute Gasteiger partial charge is 0.200 e. The Kier molecular flexibility index (Phi) is 4.24. The van der Waals surface area contributed by atoms with Gasteiger partial charge in [-0.15, -0.1) is 0 Å². The zero-order valence-corrected chi connectivity index (χ0v) is 12.0. The molecule has 6 heteroatoms. The molecule has 0 saturated carbocycles. The molecule has 1 unspecified atom stereocenters. The molecule has 0 fully saturated rings. The van der Waals surface area contributed by atoms with Gasteiger partial charge in [0.05, 0.1) is 5.56 Å². The van der Waals surface area contributed by atoms with E-state index in [4.69, 9.17) is 0 Å². The quantitative estimate of drug-likeness (QED) is 0.430. The van der Waals surface area contributed by atoms with Crippen molar-refractivity contribution < 1.29 is 27.1 Å². The predicted molar refractivity (Wildman–Crippen MR) is 69.4 cm³/mol. The van der Waals surface area contributed by atoms with Crippen molar-refractivity contribution in [2.75, 3.05) is 0 Å². The minimum absolute atomic E-state index is 0.00816. The molecule has 0 spiro atoms. The van der Waals surface area contributed by atoms with Crippen molar-refractivity contribution in [3.05, 3.63) is 69.0 Å². The molecule has 22 heavy (non-hydrogen) atoms. The van der Waals surface area contributed by atoms with E-state index < -0.39 is 40.8 Å². The van der Waals surface area contributed by atoms with Crippen LogP contribution in [0.25, 0.3) is 0 Å². The third-order valence-electron chi connectivity index (χ3n) is 3.51. The first-order valence-corrected chi connectivity index (χ1v) is 6.41. The lowest BCUT2D eigenvalue weighted by Crippen LogP contribution is -2.13. The maximum Gasteiger partial charge on any atom is 0.200 e. The highest BCUT2D eigenvalue weighted by Gasteiger charge is 2.32. The van der Waals surface area contributed by atoms with E-state index in [1.165, 1.54) is 0 Å². The van der Waals surface area contributed by atoms with Crippen LogP contribution >= 0.6 is 0 Å². The molecule has 0 heterocycles. The van der Waals surface area contributed by atoms with Crippen LogP contribution in [0.4, 0.5) is 22.0 Å². The number of rotatable bonds is 2. The van der Waals surface area contributed by atoms with Crippen LogP contribution in [0.1, 0.15) is 33.9 Å². The normalized spacial score (nSPS) is 12.6. The second-order valence-electron chi connectivity index (χ2n) is 5.18. The molecule has 1 nitrogen and oxygen atoms in total. The topological polar surface area (TPSA) is 19.9 Å². The Morgan fingerprint density at radius 3 is 1.45 bits per heavy atom. The van der Waals surface area contributed by atoms with Gasteiger partial charge in [-0.2, -0.15) is 0 Å². The van der Waals surface area contributed by atoms with Crippen LogP contribution in [0, 0.1) is 49.9 Å². The second kappa shape index (κ2) is 5.68. The van der Waals surface area contributed by atoms with Gasteiger partial charge in [-0.3, -0.25) is 0 Å². The summed E-state index contributed by atoms with van der Waals surface area (Å²) in [4.78, 5) is 0. The molecular formula is C16H12F5O. The van der Waals surface area contributed by atoms with Gasteiger partial charge in [0.15, 0.2) is 23.3 Å². The van der Waals surface area contributed by atoms with Crippen LogP contribution in [0.15, 0.2) is 12.1 Å². The summed E-state index contributed by atoms with van der Waals surface area (Å²) in [6, 6.07) is 3.22. The lowest BCUT2D eigenvalue weighted by molar-refractivity contribution is 0.113. The van der Waals surface area contributed by atoms with Crippen molar-refractivity contribution in [1.82, 2.24) is 0 Å². The van der Waals surface area contributed by atoms with Gasteiger partial charge in [-0.25, -0.2) is 27.1 Å². The fourth-order valence-electron chi connectivity index (χ4n) is 2.60. The fraction of sp³-hybridized carbons (Fsp3) is 0.250. The van der Waals surface area contributed by atoms with Crippen molar-refractivity contribution in [2.24, 2.45) is 0 Å². The summed E-state index contributed by atoms with van der Waals surface area (Å²) in [5, 5.41) is 12.4.